The van der Waals surface area contributed by atoms with Crippen molar-refractivity contribution in [3.8, 4) is 0 Å². The van der Waals surface area contributed by atoms with Gasteiger partial charge in [-0.05, 0) is 30.4 Å². The van der Waals surface area contributed by atoms with Crippen molar-refractivity contribution in [1.82, 2.24) is 15.3 Å². The van der Waals surface area contributed by atoms with E-state index >= 15 is 0 Å². The molecule has 1 amide bonds. The SMILES string of the molecule is O=C(/C=C/c1cccs1)NCCNc1cc(N2CCCC2)ncn1. The fraction of sp³-hybridized carbons (Fsp3) is 0.353. The highest BCUT2D eigenvalue weighted by Crippen LogP contribution is 2.18. The van der Waals surface area contributed by atoms with Crippen LogP contribution in [-0.4, -0.2) is 42.1 Å². The summed E-state index contributed by atoms with van der Waals surface area (Å²) >= 11 is 1.60. The lowest BCUT2D eigenvalue weighted by molar-refractivity contribution is -0.116. The first-order valence-corrected chi connectivity index (χ1v) is 8.99. The Morgan fingerprint density at radius 3 is 2.96 bits per heavy atom. The first-order valence-electron chi connectivity index (χ1n) is 8.11. The molecule has 0 aromatic carbocycles. The Kier molecular flexibility index (Phi) is 5.79. The zero-order chi connectivity index (χ0) is 16.6. The molecule has 0 spiro atoms. The number of nitrogens with one attached hydrogen (secondary N) is 2. The predicted octanol–water partition coefficient (Wildman–Crippen LogP) is 2.38. The van der Waals surface area contributed by atoms with Gasteiger partial charge in [0, 0.05) is 43.2 Å². The minimum Gasteiger partial charge on any atom is -0.368 e. The number of hydrogen-bond acceptors (Lipinski definition) is 6. The molecule has 1 fully saturated rings. The number of aromatic nitrogens is 2. The van der Waals surface area contributed by atoms with Crippen LogP contribution in [0.3, 0.4) is 0 Å². The molecular weight excluding hydrogens is 322 g/mol. The number of carbonyl (C=O) groups excluding carboxylic acids is 1. The zero-order valence-corrected chi connectivity index (χ0v) is 14.3. The highest BCUT2D eigenvalue weighted by atomic mass is 32.1. The monoisotopic (exact) mass is 343 g/mol. The second-order valence-corrected chi connectivity index (χ2v) is 6.50. The van der Waals surface area contributed by atoms with Crippen LogP contribution in [0.4, 0.5) is 11.6 Å². The minimum atomic E-state index is -0.0920. The summed E-state index contributed by atoms with van der Waals surface area (Å²) in [4.78, 5) is 23.6. The van der Waals surface area contributed by atoms with Crippen LogP contribution < -0.4 is 15.5 Å². The van der Waals surface area contributed by atoms with Gasteiger partial charge in [-0.25, -0.2) is 9.97 Å². The molecule has 2 N–H and O–H groups in total. The average molecular weight is 343 g/mol. The van der Waals surface area contributed by atoms with Gasteiger partial charge < -0.3 is 15.5 Å². The Bertz CT molecular complexity index is 680. The van der Waals surface area contributed by atoms with Gasteiger partial charge in [0.05, 0.1) is 0 Å². The fourth-order valence-corrected chi connectivity index (χ4v) is 3.16. The first kappa shape index (κ1) is 16.4. The predicted molar refractivity (Wildman–Crippen MR) is 98.3 cm³/mol. The van der Waals surface area contributed by atoms with Crippen molar-refractivity contribution >= 4 is 35.0 Å². The van der Waals surface area contributed by atoms with Gasteiger partial charge in [-0.15, -0.1) is 11.3 Å². The standard InChI is InChI=1S/C17H21N5OS/c23-17(6-5-14-4-3-11-24-14)19-8-7-18-15-12-16(21-13-20-15)22-9-1-2-10-22/h3-6,11-13H,1-2,7-10H2,(H,19,23)(H,18,20,21)/b6-5+. The molecule has 0 radical (unpaired) electrons. The number of hydrogen-bond donors (Lipinski definition) is 2. The summed E-state index contributed by atoms with van der Waals surface area (Å²) in [5.74, 6) is 1.66. The van der Waals surface area contributed by atoms with E-state index < -0.39 is 0 Å². The molecule has 3 rings (SSSR count). The van der Waals surface area contributed by atoms with E-state index in [-0.39, 0.29) is 5.91 Å². The van der Waals surface area contributed by atoms with Gasteiger partial charge in [-0.2, -0.15) is 0 Å². The first-order chi connectivity index (χ1) is 11.8. The number of carbonyl (C=O) groups is 1. The molecule has 1 saturated heterocycles. The zero-order valence-electron chi connectivity index (χ0n) is 13.4. The maximum absolute atomic E-state index is 11.7. The molecule has 0 bridgehead atoms. The van der Waals surface area contributed by atoms with Gasteiger partial charge >= 0.3 is 0 Å². The minimum absolute atomic E-state index is 0.0920. The van der Waals surface area contributed by atoms with Crippen molar-refractivity contribution in [2.75, 3.05) is 36.4 Å². The smallest absolute Gasteiger partial charge is 0.244 e. The van der Waals surface area contributed by atoms with Gasteiger partial charge in [0.2, 0.25) is 5.91 Å². The lowest BCUT2D eigenvalue weighted by Gasteiger charge is -2.16. The fourth-order valence-electron chi connectivity index (χ4n) is 2.54. The number of amides is 1. The van der Waals surface area contributed by atoms with Gasteiger partial charge in [0.15, 0.2) is 0 Å². The van der Waals surface area contributed by atoms with Crippen LogP contribution in [0.5, 0.6) is 0 Å². The van der Waals surface area contributed by atoms with Gasteiger partial charge in [0.25, 0.3) is 0 Å². The molecular formula is C17H21N5OS. The molecule has 24 heavy (non-hydrogen) atoms. The van der Waals surface area contributed by atoms with Crippen molar-refractivity contribution in [2.45, 2.75) is 12.8 Å². The summed E-state index contributed by atoms with van der Waals surface area (Å²) in [6.45, 7) is 3.28. The number of nitrogens with zero attached hydrogens (tertiary/aromatic N) is 3. The molecule has 2 aromatic rings. The van der Waals surface area contributed by atoms with E-state index in [1.54, 1.807) is 23.7 Å². The van der Waals surface area contributed by atoms with Gasteiger partial charge in [0.1, 0.15) is 18.0 Å². The van der Waals surface area contributed by atoms with Crippen LogP contribution in [0.25, 0.3) is 6.08 Å². The molecule has 7 heteroatoms. The summed E-state index contributed by atoms with van der Waals surface area (Å²) < 4.78 is 0. The van der Waals surface area contributed by atoms with Crippen LogP contribution in [0.15, 0.2) is 36.0 Å². The van der Waals surface area contributed by atoms with Crippen molar-refractivity contribution in [3.05, 3.63) is 40.9 Å². The molecule has 2 aromatic heterocycles. The van der Waals surface area contributed by atoms with Crippen LogP contribution in [0, 0.1) is 0 Å². The third-order valence-corrected chi connectivity index (χ3v) is 4.59. The molecule has 0 aliphatic carbocycles. The second-order valence-electron chi connectivity index (χ2n) is 5.52. The van der Waals surface area contributed by atoms with Crippen molar-refractivity contribution in [2.24, 2.45) is 0 Å². The quantitative estimate of drug-likeness (QED) is 0.597. The van der Waals surface area contributed by atoms with Gasteiger partial charge in [-0.1, -0.05) is 6.07 Å². The summed E-state index contributed by atoms with van der Waals surface area (Å²) in [6, 6.07) is 5.90. The average Bonchev–Trinajstić information content (AvgIpc) is 3.31. The topological polar surface area (TPSA) is 70.2 Å². The number of anilines is 2. The highest BCUT2D eigenvalue weighted by molar-refractivity contribution is 7.10. The summed E-state index contributed by atoms with van der Waals surface area (Å²) in [5, 5.41) is 8.05. The summed E-state index contributed by atoms with van der Waals surface area (Å²) in [6.07, 6.45) is 7.40. The van der Waals surface area contributed by atoms with Crippen molar-refractivity contribution in [1.29, 1.82) is 0 Å². The van der Waals surface area contributed by atoms with Crippen LogP contribution in [-0.2, 0) is 4.79 Å². The molecule has 1 aliphatic rings. The van der Waals surface area contributed by atoms with Crippen LogP contribution in [0.1, 0.15) is 17.7 Å². The lowest BCUT2D eigenvalue weighted by atomic mass is 10.4. The number of rotatable bonds is 7. The highest BCUT2D eigenvalue weighted by Gasteiger charge is 2.13. The van der Waals surface area contributed by atoms with E-state index in [0.29, 0.717) is 13.1 Å². The molecule has 6 nitrogen and oxygen atoms in total. The van der Waals surface area contributed by atoms with Crippen molar-refractivity contribution in [3.63, 3.8) is 0 Å². The third-order valence-electron chi connectivity index (χ3n) is 3.76. The third kappa shape index (κ3) is 4.79. The normalized spacial score (nSPS) is 14.2. The van der Waals surface area contributed by atoms with E-state index in [2.05, 4.69) is 25.5 Å². The van der Waals surface area contributed by atoms with E-state index in [1.807, 2.05) is 29.7 Å². The summed E-state index contributed by atoms with van der Waals surface area (Å²) in [5.41, 5.74) is 0. The van der Waals surface area contributed by atoms with E-state index in [4.69, 9.17) is 0 Å². The molecule has 0 saturated carbocycles. The Morgan fingerprint density at radius 2 is 2.17 bits per heavy atom. The molecule has 126 valence electrons. The maximum atomic E-state index is 11.7. The van der Waals surface area contributed by atoms with E-state index in [1.165, 1.54) is 12.8 Å². The molecule has 1 aliphatic heterocycles. The molecule has 0 atom stereocenters. The molecule has 0 unspecified atom stereocenters. The Hall–Kier alpha value is -2.41. The van der Waals surface area contributed by atoms with Gasteiger partial charge in [-0.3, -0.25) is 4.79 Å². The number of thiophene rings is 1. The second kappa shape index (κ2) is 8.44. The Balaban J connectivity index is 1.40. The lowest BCUT2D eigenvalue weighted by Crippen LogP contribution is -2.27. The molecule has 3 heterocycles. The van der Waals surface area contributed by atoms with Crippen molar-refractivity contribution < 1.29 is 4.79 Å². The van der Waals surface area contributed by atoms with E-state index in [0.717, 1.165) is 29.6 Å². The summed E-state index contributed by atoms with van der Waals surface area (Å²) in [7, 11) is 0. The Labute approximate surface area is 145 Å². The van der Waals surface area contributed by atoms with Crippen LogP contribution >= 0.6 is 11.3 Å². The van der Waals surface area contributed by atoms with Crippen LogP contribution in [0.2, 0.25) is 0 Å². The largest absolute Gasteiger partial charge is 0.368 e. The Morgan fingerprint density at radius 1 is 1.29 bits per heavy atom. The van der Waals surface area contributed by atoms with E-state index in [9.17, 15) is 4.79 Å². The maximum Gasteiger partial charge on any atom is 0.244 e.